The zero-order valence-corrected chi connectivity index (χ0v) is 15.5. The van der Waals surface area contributed by atoms with Crippen LogP contribution in [0, 0.1) is 0 Å². The zero-order chi connectivity index (χ0) is 17.2. The minimum Gasteiger partial charge on any atom is -0.383 e. The van der Waals surface area contributed by atoms with Crippen molar-refractivity contribution < 1.29 is 14.3 Å². The number of piperidine rings is 1. The number of amides is 2. The molecule has 0 aliphatic carbocycles. The number of hydrogen-bond acceptors (Lipinski definition) is 4. The molecule has 7 heteroatoms. The molecule has 0 bridgehead atoms. The summed E-state index contributed by atoms with van der Waals surface area (Å²) in [5.74, 6) is -0.0616. The molecule has 0 radical (unpaired) electrons. The number of hydrogen-bond donors (Lipinski definition) is 2. The van der Waals surface area contributed by atoms with Gasteiger partial charge in [0.15, 0.2) is 0 Å². The van der Waals surface area contributed by atoms with Crippen molar-refractivity contribution in [3.8, 4) is 0 Å². The molecule has 0 spiro atoms. The predicted molar refractivity (Wildman–Crippen MR) is 99.8 cm³/mol. The average molecular weight is 370 g/mol. The van der Waals surface area contributed by atoms with E-state index in [1.807, 2.05) is 30.3 Å². The molecule has 1 aromatic carbocycles. The Bertz CT molecular complexity index is 528. The van der Waals surface area contributed by atoms with Crippen LogP contribution >= 0.6 is 12.4 Å². The third kappa shape index (κ3) is 6.65. The normalized spacial score (nSPS) is 15.4. The van der Waals surface area contributed by atoms with Gasteiger partial charge in [0, 0.05) is 39.7 Å². The van der Waals surface area contributed by atoms with Gasteiger partial charge in [-0.15, -0.1) is 12.4 Å². The second kappa shape index (κ2) is 11.8. The van der Waals surface area contributed by atoms with Gasteiger partial charge in [-0.1, -0.05) is 30.3 Å². The number of rotatable bonds is 9. The van der Waals surface area contributed by atoms with Crippen molar-refractivity contribution >= 4 is 24.2 Å². The summed E-state index contributed by atoms with van der Waals surface area (Å²) in [6.07, 6.45) is 2.37. The molecule has 2 rings (SSSR count). The molecule has 1 heterocycles. The van der Waals surface area contributed by atoms with Crippen molar-refractivity contribution in [2.75, 3.05) is 39.9 Å². The van der Waals surface area contributed by atoms with Crippen molar-refractivity contribution in [3.05, 3.63) is 35.9 Å². The van der Waals surface area contributed by atoms with E-state index in [2.05, 4.69) is 10.6 Å². The van der Waals surface area contributed by atoms with E-state index in [-0.39, 0.29) is 24.2 Å². The van der Waals surface area contributed by atoms with E-state index in [9.17, 15) is 9.59 Å². The topological polar surface area (TPSA) is 70.7 Å². The van der Waals surface area contributed by atoms with E-state index in [1.165, 1.54) is 0 Å². The molecular formula is C18H28ClN3O3. The van der Waals surface area contributed by atoms with Gasteiger partial charge in [0.05, 0.1) is 6.61 Å². The van der Waals surface area contributed by atoms with Gasteiger partial charge in [0.2, 0.25) is 11.8 Å². The quantitative estimate of drug-likeness (QED) is 0.647. The van der Waals surface area contributed by atoms with Crippen LogP contribution in [0.25, 0.3) is 0 Å². The van der Waals surface area contributed by atoms with Gasteiger partial charge in [-0.3, -0.25) is 9.59 Å². The molecule has 2 amide bonds. The summed E-state index contributed by atoms with van der Waals surface area (Å²) in [6, 6.07) is 8.98. The summed E-state index contributed by atoms with van der Waals surface area (Å²) in [7, 11) is 1.66. The number of likely N-dealkylation sites (tertiary alicyclic amines) is 1. The lowest BCUT2D eigenvalue weighted by Gasteiger charge is -2.34. The number of nitrogens with zero attached hydrogens (tertiary/aromatic N) is 1. The first kappa shape index (κ1) is 21.4. The summed E-state index contributed by atoms with van der Waals surface area (Å²) in [5.41, 5.74) is 0.859. The van der Waals surface area contributed by atoms with E-state index in [1.54, 1.807) is 12.0 Å². The summed E-state index contributed by atoms with van der Waals surface area (Å²) in [5, 5.41) is 6.13. The summed E-state index contributed by atoms with van der Waals surface area (Å²) < 4.78 is 4.96. The van der Waals surface area contributed by atoms with Crippen molar-refractivity contribution in [3.63, 3.8) is 0 Å². The van der Waals surface area contributed by atoms with Crippen molar-refractivity contribution in [1.29, 1.82) is 0 Å². The molecule has 1 fully saturated rings. The number of carbonyl (C=O) groups excluding carboxylic acids is 2. The highest BCUT2D eigenvalue weighted by Gasteiger charge is 2.32. The number of halogens is 1. The monoisotopic (exact) mass is 369 g/mol. The fraction of sp³-hybridized carbons (Fsp3) is 0.556. The maximum absolute atomic E-state index is 12.7. The number of methoxy groups -OCH3 is 1. The standard InChI is InChI=1S/C18H27N3O3.ClH/c1-24-14-12-19-10-11-20-18(23)17(15-7-3-2-4-8-15)21-13-6-5-9-16(21)22;/h2-4,7-8,17,19H,5-6,9-14H2,1H3,(H,20,23);1H. The Labute approximate surface area is 155 Å². The Hall–Kier alpha value is -1.63. The first-order valence-electron chi connectivity index (χ1n) is 8.56. The molecule has 140 valence electrons. The highest BCUT2D eigenvalue weighted by molar-refractivity contribution is 5.89. The van der Waals surface area contributed by atoms with Crippen LogP contribution in [0.2, 0.25) is 0 Å². The van der Waals surface area contributed by atoms with Gasteiger partial charge < -0.3 is 20.3 Å². The van der Waals surface area contributed by atoms with Crippen LogP contribution in [0.3, 0.4) is 0 Å². The fourth-order valence-corrected chi connectivity index (χ4v) is 2.88. The first-order valence-corrected chi connectivity index (χ1v) is 8.56. The second-order valence-corrected chi connectivity index (χ2v) is 5.89. The Morgan fingerprint density at radius 3 is 2.64 bits per heavy atom. The number of nitrogens with one attached hydrogen (secondary N) is 2. The van der Waals surface area contributed by atoms with Gasteiger partial charge in [0.1, 0.15) is 6.04 Å². The third-order valence-corrected chi connectivity index (χ3v) is 4.12. The molecule has 0 aromatic heterocycles. The molecule has 1 atom stereocenters. The van der Waals surface area contributed by atoms with Gasteiger partial charge in [-0.2, -0.15) is 0 Å². The summed E-state index contributed by atoms with van der Waals surface area (Å²) in [4.78, 5) is 26.7. The smallest absolute Gasteiger partial charge is 0.247 e. The van der Waals surface area contributed by atoms with Crippen molar-refractivity contribution in [2.24, 2.45) is 0 Å². The van der Waals surface area contributed by atoms with E-state index in [0.717, 1.165) is 24.9 Å². The average Bonchev–Trinajstić information content (AvgIpc) is 2.61. The Morgan fingerprint density at radius 1 is 1.20 bits per heavy atom. The lowest BCUT2D eigenvalue weighted by atomic mass is 10.0. The lowest BCUT2D eigenvalue weighted by Crippen LogP contribution is -2.46. The van der Waals surface area contributed by atoms with E-state index < -0.39 is 6.04 Å². The predicted octanol–water partition coefficient (Wildman–Crippen LogP) is 1.51. The van der Waals surface area contributed by atoms with E-state index >= 15 is 0 Å². The largest absolute Gasteiger partial charge is 0.383 e. The van der Waals surface area contributed by atoms with Gasteiger partial charge in [-0.25, -0.2) is 0 Å². The number of carbonyl (C=O) groups is 2. The first-order chi connectivity index (χ1) is 11.7. The SMILES string of the molecule is COCCNCCNC(=O)C(c1ccccc1)N1CCCCC1=O.Cl. The van der Waals surface area contributed by atoms with Crippen LogP contribution in [0.4, 0.5) is 0 Å². The number of benzene rings is 1. The molecule has 1 aliphatic heterocycles. The number of ether oxygens (including phenoxy) is 1. The van der Waals surface area contributed by atoms with Crippen LogP contribution in [0.1, 0.15) is 30.9 Å². The minimum atomic E-state index is -0.544. The minimum absolute atomic E-state index is 0. The molecule has 6 nitrogen and oxygen atoms in total. The molecule has 25 heavy (non-hydrogen) atoms. The van der Waals surface area contributed by atoms with Crippen LogP contribution in [-0.4, -0.2) is 56.6 Å². The highest BCUT2D eigenvalue weighted by atomic mass is 35.5. The van der Waals surface area contributed by atoms with Gasteiger partial charge >= 0.3 is 0 Å². The van der Waals surface area contributed by atoms with Gasteiger partial charge in [0.25, 0.3) is 0 Å². The second-order valence-electron chi connectivity index (χ2n) is 5.89. The van der Waals surface area contributed by atoms with Crippen molar-refractivity contribution in [2.45, 2.75) is 25.3 Å². The fourth-order valence-electron chi connectivity index (χ4n) is 2.88. The van der Waals surface area contributed by atoms with Crippen molar-refractivity contribution in [1.82, 2.24) is 15.5 Å². The Balaban J connectivity index is 0.00000312. The molecular weight excluding hydrogens is 342 g/mol. The Kier molecular flexibility index (Phi) is 10.1. The third-order valence-electron chi connectivity index (χ3n) is 4.12. The molecule has 1 unspecified atom stereocenters. The molecule has 2 N–H and O–H groups in total. The van der Waals surface area contributed by atoms with Gasteiger partial charge in [-0.05, 0) is 18.4 Å². The molecule has 1 saturated heterocycles. The molecule has 1 aliphatic rings. The summed E-state index contributed by atoms with van der Waals surface area (Å²) >= 11 is 0. The zero-order valence-electron chi connectivity index (χ0n) is 14.7. The molecule has 0 saturated carbocycles. The Morgan fingerprint density at radius 2 is 1.96 bits per heavy atom. The lowest BCUT2D eigenvalue weighted by molar-refractivity contribution is -0.142. The van der Waals surface area contributed by atoms with E-state index in [4.69, 9.17) is 4.74 Å². The van der Waals surface area contributed by atoms with Crippen LogP contribution in [-0.2, 0) is 14.3 Å². The maximum Gasteiger partial charge on any atom is 0.247 e. The van der Waals surface area contributed by atoms with Crippen LogP contribution in [0.5, 0.6) is 0 Å². The van der Waals surface area contributed by atoms with Crippen LogP contribution < -0.4 is 10.6 Å². The van der Waals surface area contributed by atoms with Crippen LogP contribution in [0.15, 0.2) is 30.3 Å². The summed E-state index contributed by atoms with van der Waals surface area (Å²) in [6.45, 7) is 3.22. The highest BCUT2D eigenvalue weighted by Crippen LogP contribution is 2.25. The van der Waals surface area contributed by atoms with E-state index in [0.29, 0.717) is 32.7 Å². The molecule has 1 aromatic rings. The maximum atomic E-state index is 12.7.